The normalized spacial score (nSPS) is 19.3. The molecule has 1 aliphatic rings. The monoisotopic (exact) mass is 327 g/mol. The molecule has 1 amide bonds. The van der Waals surface area contributed by atoms with Gasteiger partial charge in [0.2, 0.25) is 11.9 Å². The predicted molar refractivity (Wildman–Crippen MR) is 78.1 cm³/mol. The third kappa shape index (κ3) is 3.15. The van der Waals surface area contributed by atoms with Crippen molar-refractivity contribution in [2.45, 2.75) is 32.2 Å². The minimum atomic E-state index is -0.296. The lowest BCUT2D eigenvalue weighted by molar-refractivity contribution is -0.119. The maximum absolute atomic E-state index is 11.6. The molecule has 6 nitrogen and oxygen atoms in total. The second kappa shape index (κ2) is 6.18. The van der Waals surface area contributed by atoms with E-state index in [0.717, 1.165) is 42.6 Å². The zero-order valence-corrected chi connectivity index (χ0v) is 12.5. The van der Waals surface area contributed by atoms with Gasteiger partial charge < -0.3 is 16.0 Å². The van der Waals surface area contributed by atoms with E-state index in [0.29, 0.717) is 5.95 Å². The minimum absolute atomic E-state index is 0.283. The fraction of sp³-hybridized carbons (Fsp3) is 0.583. The summed E-state index contributed by atoms with van der Waals surface area (Å²) in [7, 11) is 0. The van der Waals surface area contributed by atoms with Gasteiger partial charge in [0.25, 0.3) is 0 Å². The molecule has 1 atom stereocenters. The summed E-state index contributed by atoms with van der Waals surface area (Å²) in [4.78, 5) is 22.2. The molecular formula is C12H18BrN5O. The van der Waals surface area contributed by atoms with E-state index in [1.54, 1.807) is 6.20 Å². The molecule has 104 valence electrons. The molecule has 1 saturated heterocycles. The van der Waals surface area contributed by atoms with Gasteiger partial charge in [-0.1, -0.05) is 0 Å². The summed E-state index contributed by atoms with van der Waals surface area (Å²) in [6.07, 6.45) is 4.54. The Morgan fingerprint density at radius 3 is 3.11 bits per heavy atom. The summed E-state index contributed by atoms with van der Waals surface area (Å²) in [5.41, 5.74) is 5.49. The number of rotatable bonds is 4. The first kappa shape index (κ1) is 14.0. The Bertz CT molecular complexity index is 467. The highest BCUT2D eigenvalue weighted by Gasteiger charge is 2.29. The second-order valence-corrected chi connectivity index (χ2v) is 5.36. The summed E-state index contributed by atoms with van der Waals surface area (Å²) in [5, 5.41) is 3.07. The highest BCUT2D eigenvalue weighted by Crippen LogP contribution is 2.29. The van der Waals surface area contributed by atoms with Crippen LogP contribution >= 0.6 is 15.9 Å². The molecule has 19 heavy (non-hydrogen) atoms. The Labute approximate surface area is 120 Å². The van der Waals surface area contributed by atoms with E-state index >= 15 is 0 Å². The molecular weight excluding hydrogens is 310 g/mol. The number of nitrogens with one attached hydrogen (secondary N) is 1. The molecule has 0 radical (unpaired) electrons. The molecule has 0 aliphatic carbocycles. The van der Waals surface area contributed by atoms with Crippen LogP contribution in [0.3, 0.4) is 0 Å². The molecule has 1 unspecified atom stereocenters. The van der Waals surface area contributed by atoms with E-state index in [9.17, 15) is 4.79 Å². The molecule has 0 spiro atoms. The highest BCUT2D eigenvalue weighted by atomic mass is 79.9. The zero-order valence-electron chi connectivity index (χ0n) is 10.9. The van der Waals surface area contributed by atoms with Crippen LogP contribution in [0.5, 0.6) is 0 Å². The van der Waals surface area contributed by atoms with Crippen molar-refractivity contribution >= 4 is 33.6 Å². The first-order chi connectivity index (χ1) is 9.13. The Hall–Kier alpha value is -1.37. The van der Waals surface area contributed by atoms with E-state index in [-0.39, 0.29) is 11.9 Å². The van der Waals surface area contributed by atoms with E-state index in [2.05, 4.69) is 31.2 Å². The number of primary amides is 1. The third-order valence-electron chi connectivity index (χ3n) is 3.16. The van der Waals surface area contributed by atoms with Crippen molar-refractivity contribution in [3.8, 4) is 0 Å². The largest absolute Gasteiger partial charge is 0.368 e. The zero-order chi connectivity index (χ0) is 13.8. The van der Waals surface area contributed by atoms with Crippen LogP contribution in [0.4, 0.5) is 11.8 Å². The lowest BCUT2D eigenvalue weighted by Gasteiger charge is -2.35. The number of piperidine rings is 1. The predicted octanol–water partition coefficient (Wildman–Crippen LogP) is 1.52. The number of halogens is 1. The van der Waals surface area contributed by atoms with Crippen molar-refractivity contribution in [2.75, 3.05) is 23.3 Å². The van der Waals surface area contributed by atoms with Crippen molar-refractivity contribution in [1.29, 1.82) is 0 Å². The second-order valence-electron chi connectivity index (χ2n) is 4.50. The van der Waals surface area contributed by atoms with Crippen LogP contribution in [0.25, 0.3) is 0 Å². The van der Waals surface area contributed by atoms with Crippen molar-refractivity contribution in [2.24, 2.45) is 5.73 Å². The van der Waals surface area contributed by atoms with E-state index in [4.69, 9.17) is 5.73 Å². The van der Waals surface area contributed by atoms with Gasteiger partial charge in [-0.2, -0.15) is 4.98 Å². The van der Waals surface area contributed by atoms with Gasteiger partial charge in [-0.25, -0.2) is 4.98 Å². The van der Waals surface area contributed by atoms with E-state index in [1.165, 1.54) is 0 Å². The van der Waals surface area contributed by atoms with Crippen LogP contribution < -0.4 is 16.0 Å². The van der Waals surface area contributed by atoms with Gasteiger partial charge in [0, 0.05) is 19.3 Å². The summed E-state index contributed by atoms with van der Waals surface area (Å²) in [6.45, 7) is 3.52. The summed E-state index contributed by atoms with van der Waals surface area (Å²) >= 11 is 3.45. The first-order valence-electron chi connectivity index (χ1n) is 6.46. The molecule has 1 aromatic heterocycles. The molecule has 7 heteroatoms. The molecule has 1 aliphatic heterocycles. The minimum Gasteiger partial charge on any atom is -0.368 e. The third-order valence-corrected chi connectivity index (χ3v) is 3.72. The molecule has 2 rings (SSSR count). The van der Waals surface area contributed by atoms with Gasteiger partial charge in [0.15, 0.2) is 0 Å². The van der Waals surface area contributed by atoms with Crippen molar-refractivity contribution in [3.05, 3.63) is 10.7 Å². The number of nitrogens with two attached hydrogens (primary N) is 1. The molecule has 1 fully saturated rings. The summed E-state index contributed by atoms with van der Waals surface area (Å²) in [6, 6.07) is -0.283. The quantitative estimate of drug-likeness (QED) is 0.875. The number of carbonyl (C=O) groups is 1. The van der Waals surface area contributed by atoms with Crippen LogP contribution in [-0.4, -0.2) is 35.0 Å². The van der Waals surface area contributed by atoms with Gasteiger partial charge in [0.05, 0.1) is 4.47 Å². The van der Waals surface area contributed by atoms with E-state index in [1.807, 2.05) is 11.8 Å². The average Bonchev–Trinajstić information content (AvgIpc) is 2.41. The lowest BCUT2D eigenvalue weighted by Crippen LogP contribution is -2.48. The van der Waals surface area contributed by atoms with Crippen LogP contribution in [0.1, 0.15) is 26.2 Å². The fourth-order valence-corrected chi connectivity index (χ4v) is 2.70. The standard InChI is InChI=1S/C12H18BrN5O/c1-2-15-12-16-7-8(13)11(17-12)18-6-4-3-5-9(18)10(14)19/h7,9H,2-6H2,1H3,(H2,14,19)(H,15,16,17). The number of hydrogen-bond donors (Lipinski definition) is 2. The van der Waals surface area contributed by atoms with Crippen LogP contribution in [0, 0.1) is 0 Å². The highest BCUT2D eigenvalue weighted by molar-refractivity contribution is 9.10. The van der Waals surface area contributed by atoms with Gasteiger partial charge >= 0.3 is 0 Å². The number of aromatic nitrogens is 2. The topological polar surface area (TPSA) is 84.1 Å². The number of nitrogens with zero attached hydrogens (tertiary/aromatic N) is 3. The average molecular weight is 328 g/mol. The SMILES string of the molecule is CCNc1ncc(Br)c(N2CCCCC2C(N)=O)n1. The molecule has 3 N–H and O–H groups in total. The van der Waals surface area contributed by atoms with Crippen LogP contribution in [-0.2, 0) is 4.79 Å². The molecule has 0 bridgehead atoms. The molecule has 0 aromatic carbocycles. The Balaban J connectivity index is 2.32. The fourth-order valence-electron chi connectivity index (χ4n) is 2.28. The molecule has 2 heterocycles. The maximum atomic E-state index is 11.6. The summed E-state index contributed by atoms with van der Waals surface area (Å²) < 4.78 is 0.780. The number of hydrogen-bond acceptors (Lipinski definition) is 5. The first-order valence-corrected chi connectivity index (χ1v) is 7.25. The Morgan fingerprint density at radius 2 is 2.42 bits per heavy atom. The molecule has 0 saturated carbocycles. The Morgan fingerprint density at radius 1 is 1.63 bits per heavy atom. The van der Waals surface area contributed by atoms with Crippen molar-refractivity contribution in [1.82, 2.24) is 9.97 Å². The van der Waals surface area contributed by atoms with Crippen molar-refractivity contribution < 1.29 is 4.79 Å². The lowest BCUT2D eigenvalue weighted by atomic mass is 10.0. The smallest absolute Gasteiger partial charge is 0.240 e. The summed E-state index contributed by atoms with van der Waals surface area (Å²) in [5.74, 6) is 0.999. The van der Waals surface area contributed by atoms with Gasteiger partial charge in [-0.3, -0.25) is 4.79 Å². The van der Waals surface area contributed by atoms with Gasteiger partial charge in [-0.05, 0) is 42.1 Å². The van der Waals surface area contributed by atoms with Crippen molar-refractivity contribution in [3.63, 3.8) is 0 Å². The van der Waals surface area contributed by atoms with Crippen LogP contribution in [0.2, 0.25) is 0 Å². The van der Waals surface area contributed by atoms with E-state index < -0.39 is 0 Å². The maximum Gasteiger partial charge on any atom is 0.240 e. The number of carbonyl (C=O) groups excluding carboxylic acids is 1. The van der Waals surface area contributed by atoms with Gasteiger partial charge in [0.1, 0.15) is 11.9 Å². The molecule has 1 aromatic rings. The van der Waals surface area contributed by atoms with Crippen LogP contribution in [0.15, 0.2) is 10.7 Å². The Kier molecular flexibility index (Phi) is 4.57. The van der Waals surface area contributed by atoms with Gasteiger partial charge in [-0.15, -0.1) is 0 Å². The number of amides is 1. The number of anilines is 2.